The Morgan fingerprint density at radius 3 is 2.74 bits per heavy atom. The maximum atomic E-state index is 11.5. The molecule has 0 spiro atoms. The van der Waals surface area contributed by atoms with Crippen molar-refractivity contribution in [3.8, 4) is 5.75 Å². The third-order valence-electron chi connectivity index (χ3n) is 5.57. The molecule has 2 aromatic rings. The third-order valence-corrected chi connectivity index (χ3v) is 5.57. The highest BCUT2D eigenvalue weighted by Crippen LogP contribution is 2.27. The van der Waals surface area contributed by atoms with Crippen LogP contribution in [0.4, 0.5) is 5.69 Å². The molecule has 27 heavy (non-hydrogen) atoms. The van der Waals surface area contributed by atoms with Crippen molar-refractivity contribution in [2.45, 2.75) is 45.1 Å². The Labute approximate surface area is 161 Å². The monoisotopic (exact) mass is 364 g/mol. The van der Waals surface area contributed by atoms with Crippen LogP contribution in [0.25, 0.3) is 0 Å². The van der Waals surface area contributed by atoms with E-state index >= 15 is 0 Å². The first kappa shape index (κ1) is 18.1. The van der Waals surface area contributed by atoms with E-state index in [1.165, 1.54) is 49.0 Å². The van der Waals surface area contributed by atoms with Crippen LogP contribution in [0.15, 0.2) is 42.5 Å². The summed E-state index contributed by atoms with van der Waals surface area (Å²) in [6.07, 6.45) is 6.03. The van der Waals surface area contributed by atoms with Crippen molar-refractivity contribution in [3.63, 3.8) is 0 Å². The number of rotatable bonds is 7. The summed E-state index contributed by atoms with van der Waals surface area (Å²) in [5.74, 6) is 0.948. The Balaban J connectivity index is 1.14. The SMILES string of the molecule is O=C1CCc2ccc(OCCCCCN3CCc4ccccc4C3)cc2N1. The van der Waals surface area contributed by atoms with Gasteiger partial charge in [0.25, 0.3) is 0 Å². The molecular formula is C23H28N2O2. The predicted molar refractivity (Wildman–Crippen MR) is 108 cm³/mol. The first-order chi connectivity index (χ1) is 13.3. The maximum absolute atomic E-state index is 11.5. The highest BCUT2D eigenvalue weighted by atomic mass is 16.5. The Hall–Kier alpha value is -2.33. The summed E-state index contributed by atoms with van der Waals surface area (Å²) in [6, 6.07) is 14.8. The van der Waals surface area contributed by atoms with E-state index in [4.69, 9.17) is 4.74 Å². The van der Waals surface area contributed by atoms with Crippen molar-refractivity contribution in [2.75, 3.05) is 25.0 Å². The third kappa shape index (κ3) is 4.69. The fraction of sp³-hybridized carbons (Fsp3) is 0.435. The van der Waals surface area contributed by atoms with Crippen LogP contribution in [-0.2, 0) is 24.2 Å². The molecule has 0 radical (unpaired) electrons. The van der Waals surface area contributed by atoms with Gasteiger partial charge in [-0.2, -0.15) is 0 Å². The van der Waals surface area contributed by atoms with Crippen LogP contribution in [-0.4, -0.2) is 30.5 Å². The lowest BCUT2D eigenvalue weighted by Crippen LogP contribution is -2.31. The molecule has 0 bridgehead atoms. The molecule has 4 rings (SSSR count). The largest absolute Gasteiger partial charge is 0.494 e. The van der Waals surface area contributed by atoms with Gasteiger partial charge in [0, 0.05) is 31.3 Å². The molecule has 4 heteroatoms. The Morgan fingerprint density at radius 2 is 1.81 bits per heavy atom. The van der Waals surface area contributed by atoms with Crippen molar-refractivity contribution in [1.29, 1.82) is 0 Å². The number of carbonyl (C=O) groups is 1. The van der Waals surface area contributed by atoms with E-state index in [-0.39, 0.29) is 5.91 Å². The highest BCUT2D eigenvalue weighted by Gasteiger charge is 2.16. The van der Waals surface area contributed by atoms with Crippen LogP contribution in [0.3, 0.4) is 0 Å². The summed E-state index contributed by atoms with van der Waals surface area (Å²) in [5, 5.41) is 2.93. The number of fused-ring (bicyclic) bond motifs is 2. The molecule has 2 aliphatic heterocycles. The van der Waals surface area contributed by atoms with Crippen molar-refractivity contribution in [3.05, 3.63) is 59.2 Å². The van der Waals surface area contributed by atoms with Crippen LogP contribution in [0.5, 0.6) is 5.75 Å². The quantitative estimate of drug-likeness (QED) is 0.750. The van der Waals surface area contributed by atoms with Crippen molar-refractivity contribution >= 4 is 11.6 Å². The van der Waals surface area contributed by atoms with Gasteiger partial charge in [0.2, 0.25) is 5.91 Å². The lowest BCUT2D eigenvalue weighted by atomic mass is 10.00. The van der Waals surface area contributed by atoms with E-state index in [9.17, 15) is 4.79 Å². The zero-order valence-corrected chi connectivity index (χ0v) is 15.9. The summed E-state index contributed by atoms with van der Waals surface area (Å²) in [7, 11) is 0. The number of unbranched alkanes of at least 4 members (excludes halogenated alkanes) is 2. The Morgan fingerprint density at radius 1 is 0.926 bits per heavy atom. The van der Waals surface area contributed by atoms with Gasteiger partial charge in [-0.15, -0.1) is 0 Å². The minimum Gasteiger partial charge on any atom is -0.494 e. The number of aryl methyl sites for hydroxylation is 1. The fourth-order valence-electron chi connectivity index (χ4n) is 3.99. The van der Waals surface area contributed by atoms with Gasteiger partial charge in [0.1, 0.15) is 5.75 Å². The molecule has 1 N–H and O–H groups in total. The second-order valence-electron chi connectivity index (χ2n) is 7.57. The Bertz CT molecular complexity index is 803. The molecule has 0 saturated heterocycles. The van der Waals surface area contributed by atoms with Crippen molar-refractivity contribution in [1.82, 2.24) is 4.90 Å². The van der Waals surface area contributed by atoms with Gasteiger partial charge in [-0.3, -0.25) is 9.69 Å². The molecule has 0 aliphatic carbocycles. The summed E-state index contributed by atoms with van der Waals surface area (Å²) < 4.78 is 5.88. The molecule has 142 valence electrons. The van der Waals surface area contributed by atoms with Crippen LogP contribution in [0.2, 0.25) is 0 Å². The average Bonchev–Trinajstić information content (AvgIpc) is 2.70. The van der Waals surface area contributed by atoms with E-state index in [1.54, 1.807) is 0 Å². The number of nitrogens with one attached hydrogen (secondary N) is 1. The summed E-state index contributed by atoms with van der Waals surface area (Å²) in [6.45, 7) is 4.16. The number of anilines is 1. The lowest BCUT2D eigenvalue weighted by molar-refractivity contribution is -0.116. The summed E-state index contributed by atoms with van der Waals surface area (Å²) in [5.41, 5.74) is 5.12. The highest BCUT2D eigenvalue weighted by molar-refractivity contribution is 5.94. The summed E-state index contributed by atoms with van der Waals surface area (Å²) >= 11 is 0. The summed E-state index contributed by atoms with van der Waals surface area (Å²) in [4.78, 5) is 14.1. The smallest absolute Gasteiger partial charge is 0.224 e. The van der Waals surface area contributed by atoms with Crippen molar-refractivity contribution in [2.24, 2.45) is 0 Å². The molecule has 4 nitrogen and oxygen atoms in total. The van der Waals surface area contributed by atoms with Crippen LogP contribution >= 0.6 is 0 Å². The molecule has 1 amide bonds. The molecule has 0 aromatic heterocycles. The number of carbonyl (C=O) groups excluding carboxylic acids is 1. The van der Waals surface area contributed by atoms with E-state index < -0.39 is 0 Å². The second-order valence-corrected chi connectivity index (χ2v) is 7.57. The van der Waals surface area contributed by atoms with E-state index in [2.05, 4.69) is 40.5 Å². The van der Waals surface area contributed by atoms with Gasteiger partial charge in [0.05, 0.1) is 6.61 Å². The normalized spacial score (nSPS) is 16.4. The average molecular weight is 364 g/mol. The zero-order chi connectivity index (χ0) is 18.5. The molecule has 2 aliphatic rings. The standard InChI is InChI=1S/C23H28N2O2/c26-23-11-9-19-8-10-21(16-22(19)24-23)27-15-5-1-4-13-25-14-12-18-6-2-3-7-20(18)17-25/h2-3,6-8,10,16H,1,4-5,9,11-15,17H2,(H,24,26). The molecule has 0 saturated carbocycles. The van der Waals surface area contributed by atoms with Gasteiger partial charge < -0.3 is 10.1 Å². The molecule has 0 atom stereocenters. The maximum Gasteiger partial charge on any atom is 0.224 e. The van der Waals surface area contributed by atoms with Crippen LogP contribution < -0.4 is 10.1 Å². The number of ether oxygens (including phenoxy) is 1. The van der Waals surface area contributed by atoms with Crippen molar-refractivity contribution < 1.29 is 9.53 Å². The van der Waals surface area contributed by atoms with Gasteiger partial charge in [-0.1, -0.05) is 30.3 Å². The fourth-order valence-corrected chi connectivity index (χ4v) is 3.99. The predicted octanol–water partition coefficient (Wildman–Crippen LogP) is 4.18. The van der Waals surface area contributed by atoms with Gasteiger partial charge in [-0.05, 0) is 61.4 Å². The molecule has 2 heterocycles. The molecule has 2 aromatic carbocycles. The lowest BCUT2D eigenvalue weighted by Gasteiger charge is -2.28. The van der Waals surface area contributed by atoms with Gasteiger partial charge in [-0.25, -0.2) is 0 Å². The van der Waals surface area contributed by atoms with E-state index in [0.717, 1.165) is 37.4 Å². The second kappa shape index (κ2) is 8.57. The van der Waals surface area contributed by atoms with Crippen LogP contribution in [0, 0.1) is 0 Å². The van der Waals surface area contributed by atoms with Gasteiger partial charge in [0.15, 0.2) is 0 Å². The van der Waals surface area contributed by atoms with E-state index in [1.807, 2.05) is 12.1 Å². The minimum atomic E-state index is 0.0972. The first-order valence-electron chi connectivity index (χ1n) is 10.1. The van der Waals surface area contributed by atoms with Crippen LogP contribution in [0.1, 0.15) is 42.4 Å². The Kier molecular flexibility index (Phi) is 5.73. The number of hydrogen-bond donors (Lipinski definition) is 1. The number of nitrogens with zero attached hydrogens (tertiary/aromatic N) is 1. The number of hydrogen-bond acceptors (Lipinski definition) is 3. The van der Waals surface area contributed by atoms with E-state index in [0.29, 0.717) is 6.42 Å². The minimum absolute atomic E-state index is 0.0972. The molecule has 0 unspecified atom stereocenters. The number of amides is 1. The first-order valence-corrected chi connectivity index (χ1v) is 10.1. The van der Waals surface area contributed by atoms with Gasteiger partial charge >= 0.3 is 0 Å². The zero-order valence-electron chi connectivity index (χ0n) is 15.9. The molecule has 0 fully saturated rings. The number of benzene rings is 2. The molecular weight excluding hydrogens is 336 g/mol. The topological polar surface area (TPSA) is 41.6 Å².